The van der Waals surface area contributed by atoms with Crippen LogP contribution in [0.25, 0.3) is 0 Å². The Labute approximate surface area is 193 Å². The topological polar surface area (TPSA) is 91.9 Å². The van der Waals surface area contributed by atoms with Crippen molar-refractivity contribution >= 4 is 39.5 Å². The Balaban J connectivity index is 1.34. The molecule has 8 nitrogen and oxygen atoms in total. The van der Waals surface area contributed by atoms with Crippen molar-refractivity contribution in [3.05, 3.63) is 40.8 Å². The van der Waals surface area contributed by atoms with Crippen molar-refractivity contribution in [3.63, 3.8) is 0 Å². The summed E-state index contributed by atoms with van der Waals surface area (Å²) in [5.74, 6) is 0.745. The second-order valence-corrected chi connectivity index (χ2v) is 9.39. The number of piperazine rings is 1. The van der Waals surface area contributed by atoms with Gasteiger partial charge < -0.3 is 20.5 Å². The molecule has 3 heterocycles. The lowest BCUT2D eigenvalue weighted by Crippen LogP contribution is -2.45. The third kappa shape index (κ3) is 5.29. The zero-order valence-corrected chi connectivity index (χ0v) is 19.5. The minimum atomic E-state index is -0.710. The molecular formula is C23H32N5O3S+. The molecule has 1 aromatic carbocycles. The fourth-order valence-corrected chi connectivity index (χ4v) is 4.99. The lowest BCUT2D eigenvalue weighted by atomic mass is 10.2. The van der Waals surface area contributed by atoms with Crippen LogP contribution in [0.3, 0.4) is 0 Å². The van der Waals surface area contributed by atoms with E-state index in [1.54, 1.807) is 11.3 Å². The van der Waals surface area contributed by atoms with Crippen LogP contribution in [0.4, 0.5) is 16.4 Å². The number of nitrogens with one attached hydrogen (secondary N) is 2. The average molecular weight is 459 g/mol. The van der Waals surface area contributed by atoms with E-state index in [1.165, 1.54) is 28.4 Å². The van der Waals surface area contributed by atoms with Gasteiger partial charge in [0.25, 0.3) is 5.84 Å². The van der Waals surface area contributed by atoms with E-state index in [2.05, 4.69) is 62.1 Å². The normalized spacial score (nSPS) is 17.0. The summed E-state index contributed by atoms with van der Waals surface area (Å²) >= 11 is 1.80. The average Bonchev–Trinajstić information content (AvgIpc) is 3.10. The van der Waals surface area contributed by atoms with Crippen molar-refractivity contribution in [1.29, 1.82) is 0 Å². The molecule has 0 saturated carbocycles. The number of rotatable bonds is 7. The van der Waals surface area contributed by atoms with E-state index < -0.39 is 12.0 Å². The van der Waals surface area contributed by atoms with E-state index in [-0.39, 0.29) is 6.61 Å². The Morgan fingerprint density at radius 3 is 2.69 bits per heavy atom. The van der Waals surface area contributed by atoms with Crippen molar-refractivity contribution in [1.82, 2.24) is 4.90 Å². The minimum absolute atomic E-state index is 0.197. The molecule has 1 fully saturated rings. The lowest BCUT2D eigenvalue weighted by molar-refractivity contribution is -0.539. The van der Waals surface area contributed by atoms with Crippen LogP contribution in [0.2, 0.25) is 0 Å². The molecule has 0 bridgehead atoms. The van der Waals surface area contributed by atoms with Crippen LogP contribution in [0, 0.1) is 6.92 Å². The smallest absolute Gasteiger partial charge is 0.325 e. The Hall–Kier alpha value is -2.46. The molecule has 1 unspecified atom stereocenters. The molecule has 0 amide bonds. The molecule has 2 aliphatic heterocycles. The molecule has 1 atom stereocenters. The molecular weight excluding hydrogens is 426 g/mol. The first-order valence-electron chi connectivity index (χ1n) is 11.0. The number of hydrogen-bond acceptors (Lipinski definition) is 7. The van der Waals surface area contributed by atoms with E-state index >= 15 is 0 Å². The molecule has 0 spiro atoms. The molecule has 4 rings (SSSR count). The van der Waals surface area contributed by atoms with E-state index in [0.717, 1.165) is 50.5 Å². The molecule has 32 heavy (non-hydrogen) atoms. The quantitative estimate of drug-likeness (QED) is 0.333. The van der Waals surface area contributed by atoms with Crippen molar-refractivity contribution in [2.24, 2.45) is 5.73 Å². The highest BCUT2D eigenvalue weighted by molar-refractivity contribution is 7.16. The Morgan fingerprint density at radius 2 is 1.97 bits per heavy atom. The molecule has 2 aliphatic rings. The SMILES string of the molecule is COC(=O)C(N)COCCCN1CC[N+](=C2Nc3ccccc3Nc3sc(C)cc32)CC1. The number of thiophene rings is 1. The number of carbonyl (C=O) groups excluding carboxylic acids is 1. The van der Waals surface area contributed by atoms with Gasteiger partial charge >= 0.3 is 5.97 Å². The highest BCUT2D eigenvalue weighted by atomic mass is 32.1. The second-order valence-electron chi connectivity index (χ2n) is 8.13. The van der Waals surface area contributed by atoms with Gasteiger partial charge in [-0.15, -0.1) is 11.3 Å². The standard InChI is InChI=1S/C23H31N5O3S/c1-16-14-17-21(25-19-6-3-4-7-20(19)26-22(17)32-16)28-11-9-27(10-12-28)8-5-13-31-15-18(24)23(29)30-2/h3-4,6-7,14,18H,5,8-13,15,24H2,1-2H3,(H,25,26)/p+1. The van der Waals surface area contributed by atoms with Crippen LogP contribution >= 0.6 is 11.3 Å². The number of hydrogen-bond donors (Lipinski definition) is 3. The Kier molecular flexibility index (Phi) is 7.41. The number of benzene rings is 1. The summed E-state index contributed by atoms with van der Waals surface area (Å²) < 4.78 is 12.6. The maximum atomic E-state index is 11.3. The van der Waals surface area contributed by atoms with Gasteiger partial charge in [-0.2, -0.15) is 0 Å². The summed E-state index contributed by atoms with van der Waals surface area (Å²) in [6.45, 7) is 7.84. The van der Waals surface area contributed by atoms with Gasteiger partial charge in [0.1, 0.15) is 16.7 Å². The van der Waals surface area contributed by atoms with Gasteiger partial charge in [-0.25, -0.2) is 5.32 Å². The van der Waals surface area contributed by atoms with E-state index in [4.69, 9.17) is 10.5 Å². The first kappa shape index (κ1) is 22.7. The molecule has 172 valence electrons. The predicted octanol–water partition coefficient (Wildman–Crippen LogP) is 2.21. The number of esters is 1. The number of anilines is 3. The summed E-state index contributed by atoms with van der Waals surface area (Å²) in [4.78, 5) is 15.1. The number of fused-ring (bicyclic) bond motifs is 2. The van der Waals surface area contributed by atoms with Gasteiger partial charge in [-0.05, 0) is 31.5 Å². The number of methoxy groups -OCH3 is 1. The minimum Gasteiger partial charge on any atom is -0.468 e. The van der Waals surface area contributed by atoms with Crippen molar-refractivity contribution in [3.8, 4) is 0 Å². The van der Waals surface area contributed by atoms with Gasteiger partial charge in [-0.3, -0.25) is 14.3 Å². The van der Waals surface area contributed by atoms with Crippen LogP contribution in [0.1, 0.15) is 16.9 Å². The van der Waals surface area contributed by atoms with E-state index in [0.29, 0.717) is 6.61 Å². The van der Waals surface area contributed by atoms with Gasteiger partial charge in [0.05, 0.1) is 38.1 Å². The van der Waals surface area contributed by atoms with Crippen LogP contribution in [-0.2, 0) is 14.3 Å². The van der Waals surface area contributed by atoms with Crippen molar-refractivity contribution < 1.29 is 18.8 Å². The predicted molar refractivity (Wildman–Crippen MR) is 128 cm³/mol. The first-order chi connectivity index (χ1) is 15.5. The van der Waals surface area contributed by atoms with Crippen molar-refractivity contribution in [2.75, 3.05) is 63.7 Å². The summed E-state index contributed by atoms with van der Waals surface area (Å²) in [6.07, 6.45) is 0.911. The third-order valence-corrected chi connectivity index (χ3v) is 6.76. The maximum absolute atomic E-state index is 11.3. The second kappa shape index (κ2) is 10.4. The van der Waals surface area contributed by atoms with Crippen LogP contribution < -0.4 is 16.4 Å². The van der Waals surface area contributed by atoms with Crippen LogP contribution in [-0.4, -0.2) is 80.4 Å². The highest BCUT2D eigenvalue weighted by Gasteiger charge is 2.29. The number of nitrogens with two attached hydrogens (primary N) is 1. The van der Waals surface area contributed by atoms with Crippen LogP contribution in [0.15, 0.2) is 30.3 Å². The summed E-state index contributed by atoms with van der Waals surface area (Å²) in [6, 6.07) is 9.91. The molecule has 2 aromatic rings. The highest BCUT2D eigenvalue weighted by Crippen LogP contribution is 2.37. The van der Waals surface area contributed by atoms with E-state index in [9.17, 15) is 4.79 Å². The fourth-order valence-electron chi connectivity index (χ4n) is 4.07. The summed E-state index contributed by atoms with van der Waals surface area (Å²) in [5.41, 5.74) is 9.14. The van der Waals surface area contributed by atoms with Gasteiger partial charge in [0.2, 0.25) is 0 Å². The van der Waals surface area contributed by atoms with Gasteiger partial charge in [-0.1, -0.05) is 12.1 Å². The largest absolute Gasteiger partial charge is 0.468 e. The molecule has 4 N–H and O–H groups in total. The number of para-hydroxylation sites is 2. The van der Waals surface area contributed by atoms with Gasteiger partial charge in [0, 0.05) is 31.1 Å². The number of aryl methyl sites for hydroxylation is 1. The number of carbonyl (C=O) groups is 1. The molecule has 1 saturated heterocycles. The zero-order valence-electron chi connectivity index (χ0n) is 18.7. The zero-order chi connectivity index (χ0) is 22.5. The summed E-state index contributed by atoms with van der Waals surface area (Å²) in [7, 11) is 1.33. The monoisotopic (exact) mass is 458 g/mol. The number of ether oxygens (including phenoxy) is 2. The van der Waals surface area contributed by atoms with Crippen molar-refractivity contribution in [2.45, 2.75) is 19.4 Å². The Bertz CT molecular complexity index is 980. The summed E-state index contributed by atoms with van der Waals surface area (Å²) in [5, 5.41) is 8.50. The van der Waals surface area contributed by atoms with E-state index in [1.807, 2.05) is 0 Å². The van der Waals surface area contributed by atoms with Crippen LogP contribution in [0.5, 0.6) is 0 Å². The van der Waals surface area contributed by atoms with Gasteiger partial charge in [0.15, 0.2) is 0 Å². The maximum Gasteiger partial charge on any atom is 0.325 e. The number of amidine groups is 1. The molecule has 9 heteroatoms. The first-order valence-corrected chi connectivity index (χ1v) is 11.9. The molecule has 1 aromatic heterocycles. The third-order valence-electron chi connectivity index (χ3n) is 5.79. The fraction of sp³-hybridized carbons (Fsp3) is 0.478. The lowest BCUT2D eigenvalue weighted by Gasteiger charge is -2.28. The number of nitrogens with zero attached hydrogens (tertiary/aromatic N) is 2. The Morgan fingerprint density at radius 1 is 1.25 bits per heavy atom. The molecule has 0 aliphatic carbocycles. The molecule has 0 radical (unpaired) electrons.